The molecule has 0 bridgehead atoms. The minimum Gasteiger partial charge on any atom is -0.368 e. The molecule has 2 N–H and O–H groups in total. The molecule has 0 spiro atoms. The van der Waals surface area contributed by atoms with E-state index in [0.29, 0.717) is 5.82 Å². The van der Waals surface area contributed by atoms with Gasteiger partial charge in [-0.25, -0.2) is 0 Å². The fourth-order valence-electron chi connectivity index (χ4n) is 1.59. The lowest BCUT2D eigenvalue weighted by molar-refractivity contribution is -0.118. The summed E-state index contributed by atoms with van der Waals surface area (Å²) in [6, 6.07) is 3.92. The van der Waals surface area contributed by atoms with E-state index in [1.54, 1.807) is 27.7 Å². The zero-order chi connectivity index (χ0) is 13.7. The lowest BCUT2D eigenvalue weighted by Crippen LogP contribution is -2.19. The van der Waals surface area contributed by atoms with Crippen molar-refractivity contribution in [1.82, 2.24) is 14.8 Å². The quantitative estimate of drug-likeness (QED) is 0.629. The molecule has 0 saturated carbocycles. The summed E-state index contributed by atoms with van der Waals surface area (Å²) < 4.78 is 1.80. The van der Waals surface area contributed by atoms with E-state index in [1.807, 2.05) is 17.5 Å². The van der Waals surface area contributed by atoms with Crippen molar-refractivity contribution in [3.8, 4) is 10.7 Å². The highest BCUT2D eigenvalue weighted by atomic mass is 32.2. The van der Waals surface area contributed by atoms with Crippen LogP contribution in [0.3, 0.4) is 0 Å². The molecule has 2 aromatic heterocycles. The van der Waals surface area contributed by atoms with Crippen LogP contribution in [0.4, 0.5) is 0 Å². The molecule has 0 aliphatic heterocycles. The second-order valence-corrected chi connectivity index (χ2v) is 6.05. The summed E-state index contributed by atoms with van der Waals surface area (Å²) in [7, 11) is 0. The number of rotatable bonds is 7. The minimum absolute atomic E-state index is 0.120. The number of thiophene rings is 1. The second-order valence-electron chi connectivity index (χ2n) is 4.04. The van der Waals surface area contributed by atoms with Crippen LogP contribution < -0.4 is 5.73 Å². The molecule has 0 aromatic carbocycles. The van der Waals surface area contributed by atoms with Gasteiger partial charge in [0.2, 0.25) is 5.91 Å². The Labute approximate surface area is 120 Å². The number of hydrogen-bond donors (Lipinski definition) is 1. The van der Waals surface area contributed by atoms with Crippen molar-refractivity contribution in [2.45, 2.75) is 31.5 Å². The summed E-state index contributed by atoms with van der Waals surface area (Å²) in [6.07, 6.45) is 2.25. The van der Waals surface area contributed by atoms with E-state index in [-0.39, 0.29) is 12.5 Å². The van der Waals surface area contributed by atoms with Gasteiger partial charge in [0.15, 0.2) is 11.0 Å². The van der Waals surface area contributed by atoms with Crippen LogP contribution in [0.1, 0.15) is 19.8 Å². The van der Waals surface area contributed by atoms with Crippen molar-refractivity contribution in [3.63, 3.8) is 0 Å². The average molecular weight is 296 g/mol. The zero-order valence-corrected chi connectivity index (χ0v) is 12.3. The molecule has 2 rings (SSSR count). The first-order chi connectivity index (χ1) is 9.22. The molecule has 0 atom stereocenters. The van der Waals surface area contributed by atoms with E-state index in [2.05, 4.69) is 17.1 Å². The third kappa shape index (κ3) is 3.57. The van der Waals surface area contributed by atoms with Crippen LogP contribution in [-0.4, -0.2) is 26.4 Å². The van der Waals surface area contributed by atoms with Gasteiger partial charge in [-0.2, -0.15) is 0 Å². The summed E-state index contributed by atoms with van der Waals surface area (Å²) in [4.78, 5) is 12.2. The van der Waals surface area contributed by atoms with Crippen molar-refractivity contribution in [3.05, 3.63) is 17.5 Å². The first-order valence-electron chi connectivity index (χ1n) is 6.10. The molecular formula is C12H16N4OS2. The summed E-state index contributed by atoms with van der Waals surface area (Å²) in [5.74, 6) is 1.31. The third-order valence-corrected chi connectivity index (χ3v) is 4.42. The minimum atomic E-state index is -0.380. The molecule has 7 heteroatoms. The van der Waals surface area contributed by atoms with E-state index in [0.717, 1.165) is 28.6 Å². The number of aromatic nitrogens is 3. The Bertz CT molecular complexity index is 536. The molecule has 0 aliphatic carbocycles. The van der Waals surface area contributed by atoms with Gasteiger partial charge in [-0.15, -0.1) is 21.5 Å². The monoisotopic (exact) mass is 296 g/mol. The predicted molar refractivity (Wildman–Crippen MR) is 78.2 cm³/mol. The molecule has 1 amide bonds. The Morgan fingerprint density at radius 2 is 2.37 bits per heavy atom. The van der Waals surface area contributed by atoms with Gasteiger partial charge in [0, 0.05) is 5.75 Å². The summed E-state index contributed by atoms with van der Waals surface area (Å²) in [5, 5.41) is 11.1. The Morgan fingerprint density at radius 3 is 3.00 bits per heavy atom. The number of hydrogen-bond acceptors (Lipinski definition) is 5. The number of carbonyl (C=O) groups is 1. The van der Waals surface area contributed by atoms with Gasteiger partial charge in [-0.05, 0) is 17.9 Å². The molecule has 0 aliphatic rings. The van der Waals surface area contributed by atoms with E-state index in [9.17, 15) is 4.79 Å². The summed E-state index contributed by atoms with van der Waals surface area (Å²) in [5.41, 5.74) is 5.31. The second kappa shape index (κ2) is 6.72. The molecule has 0 unspecified atom stereocenters. The van der Waals surface area contributed by atoms with Crippen molar-refractivity contribution < 1.29 is 4.79 Å². The molecular weight excluding hydrogens is 280 g/mol. The SMILES string of the molecule is CCCCSc1nnc(-c2cccs2)n1CC(N)=O. The van der Waals surface area contributed by atoms with Crippen LogP contribution in [-0.2, 0) is 11.3 Å². The van der Waals surface area contributed by atoms with E-state index < -0.39 is 0 Å². The van der Waals surface area contributed by atoms with Crippen molar-refractivity contribution >= 4 is 29.0 Å². The normalized spacial score (nSPS) is 10.8. The van der Waals surface area contributed by atoms with Gasteiger partial charge in [0.1, 0.15) is 6.54 Å². The number of amides is 1. The van der Waals surface area contributed by atoms with Gasteiger partial charge in [-0.3, -0.25) is 9.36 Å². The highest BCUT2D eigenvalue weighted by Crippen LogP contribution is 2.27. The van der Waals surface area contributed by atoms with Crippen molar-refractivity contribution in [2.24, 2.45) is 5.73 Å². The Morgan fingerprint density at radius 1 is 1.53 bits per heavy atom. The highest BCUT2D eigenvalue weighted by Gasteiger charge is 2.16. The molecule has 0 radical (unpaired) electrons. The van der Waals surface area contributed by atoms with Crippen molar-refractivity contribution in [2.75, 3.05) is 5.75 Å². The molecule has 5 nitrogen and oxygen atoms in total. The number of nitrogens with zero attached hydrogens (tertiary/aromatic N) is 3. The van der Waals surface area contributed by atoms with Crippen LogP contribution in [0.2, 0.25) is 0 Å². The van der Waals surface area contributed by atoms with Gasteiger partial charge in [0.05, 0.1) is 4.88 Å². The molecule has 0 saturated heterocycles. The third-order valence-electron chi connectivity index (χ3n) is 2.50. The average Bonchev–Trinajstić information content (AvgIpc) is 2.99. The maximum atomic E-state index is 11.2. The summed E-state index contributed by atoms with van der Waals surface area (Å²) >= 11 is 3.19. The molecule has 19 heavy (non-hydrogen) atoms. The molecule has 2 heterocycles. The highest BCUT2D eigenvalue weighted by molar-refractivity contribution is 7.99. The van der Waals surface area contributed by atoms with Crippen LogP contribution in [0.5, 0.6) is 0 Å². The number of thioether (sulfide) groups is 1. The maximum Gasteiger partial charge on any atom is 0.237 e. The number of carbonyl (C=O) groups excluding carboxylic acids is 1. The van der Waals surface area contributed by atoms with Crippen LogP contribution in [0, 0.1) is 0 Å². The number of primary amides is 1. The van der Waals surface area contributed by atoms with Gasteiger partial charge in [0.25, 0.3) is 0 Å². The largest absolute Gasteiger partial charge is 0.368 e. The predicted octanol–water partition coefficient (Wildman–Crippen LogP) is 2.38. The van der Waals surface area contributed by atoms with Crippen molar-refractivity contribution in [1.29, 1.82) is 0 Å². The van der Waals surface area contributed by atoms with Crippen LogP contribution >= 0.6 is 23.1 Å². The first kappa shape index (κ1) is 14.1. The fourth-order valence-corrected chi connectivity index (χ4v) is 3.33. The van der Waals surface area contributed by atoms with Crippen LogP contribution in [0.15, 0.2) is 22.7 Å². The molecule has 102 valence electrons. The van der Waals surface area contributed by atoms with E-state index in [4.69, 9.17) is 5.73 Å². The molecule has 0 fully saturated rings. The van der Waals surface area contributed by atoms with Crippen LogP contribution in [0.25, 0.3) is 10.7 Å². The maximum absolute atomic E-state index is 11.2. The lowest BCUT2D eigenvalue weighted by Gasteiger charge is -2.06. The Hall–Kier alpha value is -1.34. The van der Waals surface area contributed by atoms with Gasteiger partial charge < -0.3 is 5.73 Å². The van der Waals surface area contributed by atoms with Gasteiger partial charge in [-0.1, -0.05) is 31.2 Å². The Kier molecular flexibility index (Phi) is 4.98. The zero-order valence-electron chi connectivity index (χ0n) is 10.7. The standard InChI is InChI=1S/C12H16N4OS2/c1-2-3-6-19-12-15-14-11(9-5-4-7-18-9)16(12)8-10(13)17/h4-5,7H,2-3,6,8H2,1H3,(H2,13,17). The smallest absolute Gasteiger partial charge is 0.237 e. The lowest BCUT2D eigenvalue weighted by atomic mass is 10.4. The summed E-state index contributed by atoms with van der Waals surface area (Å²) in [6.45, 7) is 2.26. The van der Waals surface area contributed by atoms with E-state index in [1.165, 1.54) is 0 Å². The number of unbranched alkanes of at least 4 members (excludes halogenated alkanes) is 1. The Balaban J connectivity index is 2.25. The number of nitrogens with two attached hydrogens (primary N) is 1. The van der Waals surface area contributed by atoms with Gasteiger partial charge >= 0.3 is 0 Å². The fraction of sp³-hybridized carbons (Fsp3) is 0.417. The first-order valence-corrected chi connectivity index (χ1v) is 7.97. The topological polar surface area (TPSA) is 73.8 Å². The molecule has 2 aromatic rings. The van der Waals surface area contributed by atoms with E-state index >= 15 is 0 Å².